The smallest absolute Gasteiger partial charge is 0.411 e. The molecule has 0 radical (unpaired) electrons. The standard InChI is InChI=1S/C21H17N3O4/c22-19-10-9-13(24(26)27)11-20(19)23-21(25)28-12-18-16-7-3-1-5-14(16)15-6-2-4-8-17(15)18/h1-11,18H,12,22H2,(H,23,25). The van der Waals surface area contributed by atoms with Gasteiger partial charge < -0.3 is 10.5 Å². The molecular weight excluding hydrogens is 358 g/mol. The van der Waals surface area contributed by atoms with E-state index in [2.05, 4.69) is 17.4 Å². The van der Waals surface area contributed by atoms with Crippen molar-refractivity contribution in [2.75, 3.05) is 17.7 Å². The molecule has 0 heterocycles. The van der Waals surface area contributed by atoms with Crippen LogP contribution in [0.3, 0.4) is 0 Å². The Morgan fingerprint density at radius 2 is 1.64 bits per heavy atom. The number of nitrogen functional groups attached to an aromatic ring is 1. The van der Waals surface area contributed by atoms with Gasteiger partial charge in [-0.2, -0.15) is 0 Å². The van der Waals surface area contributed by atoms with Gasteiger partial charge in [0, 0.05) is 18.1 Å². The lowest BCUT2D eigenvalue weighted by Crippen LogP contribution is -2.18. The van der Waals surface area contributed by atoms with Crippen LogP contribution in [0, 0.1) is 10.1 Å². The fraction of sp³-hybridized carbons (Fsp3) is 0.0952. The maximum Gasteiger partial charge on any atom is 0.411 e. The van der Waals surface area contributed by atoms with Gasteiger partial charge in [0.05, 0.1) is 16.3 Å². The third-order valence-corrected chi connectivity index (χ3v) is 4.83. The number of nitrogens with zero attached hydrogens (tertiary/aromatic N) is 1. The van der Waals surface area contributed by atoms with E-state index in [1.165, 1.54) is 18.2 Å². The number of amides is 1. The zero-order valence-corrected chi connectivity index (χ0v) is 14.8. The van der Waals surface area contributed by atoms with E-state index in [0.717, 1.165) is 22.3 Å². The quantitative estimate of drug-likeness (QED) is 0.395. The van der Waals surface area contributed by atoms with Crippen LogP contribution in [-0.4, -0.2) is 17.6 Å². The van der Waals surface area contributed by atoms with E-state index < -0.39 is 11.0 Å². The Labute approximate surface area is 160 Å². The molecule has 0 bridgehead atoms. The lowest BCUT2D eigenvalue weighted by Gasteiger charge is -2.15. The summed E-state index contributed by atoms with van der Waals surface area (Å²) < 4.78 is 5.42. The van der Waals surface area contributed by atoms with Gasteiger partial charge in [0.2, 0.25) is 0 Å². The van der Waals surface area contributed by atoms with Crippen molar-refractivity contribution in [2.45, 2.75) is 5.92 Å². The van der Waals surface area contributed by atoms with Crippen LogP contribution in [0.2, 0.25) is 0 Å². The molecule has 0 fully saturated rings. The van der Waals surface area contributed by atoms with Crippen LogP contribution >= 0.6 is 0 Å². The SMILES string of the molecule is Nc1ccc([N+](=O)[O-])cc1NC(=O)OCC1c2ccccc2-c2ccccc21. The van der Waals surface area contributed by atoms with Gasteiger partial charge in [-0.05, 0) is 28.3 Å². The summed E-state index contributed by atoms with van der Waals surface area (Å²) in [5.74, 6) is -0.0689. The summed E-state index contributed by atoms with van der Waals surface area (Å²) in [4.78, 5) is 22.6. The van der Waals surface area contributed by atoms with E-state index in [1.54, 1.807) is 0 Å². The number of benzene rings is 3. The highest BCUT2D eigenvalue weighted by Crippen LogP contribution is 2.44. The van der Waals surface area contributed by atoms with Crippen molar-refractivity contribution in [3.8, 4) is 11.1 Å². The molecule has 0 saturated heterocycles. The Balaban J connectivity index is 1.50. The molecule has 3 N–H and O–H groups in total. The number of non-ortho nitro benzene ring substituents is 1. The first-order valence-electron chi connectivity index (χ1n) is 8.70. The van der Waals surface area contributed by atoms with Crippen molar-refractivity contribution in [1.82, 2.24) is 0 Å². The molecule has 0 saturated carbocycles. The minimum absolute atomic E-state index is 0.0689. The third kappa shape index (κ3) is 3.14. The lowest BCUT2D eigenvalue weighted by molar-refractivity contribution is -0.384. The largest absolute Gasteiger partial charge is 0.448 e. The third-order valence-electron chi connectivity index (χ3n) is 4.83. The summed E-state index contributed by atoms with van der Waals surface area (Å²) in [5.41, 5.74) is 10.5. The summed E-state index contributed by atoms with van der Waals surface area (Å²) in [6.45, 7) is 0.148. The number of ether oxygens (including phenoxy) is 1. The Hall–Kier alpha value is -3.87. The van der Waals surface area contributed by atoms with Crippen molar-refractivity contribution in [3.05, 3.63) is 88.0 Å². The van der Waals surface area contributed by atoms with Gasteiger partial charge in [-0.15, -0.1) is 0 Å². The zero-order valence-electron chi connectivity index (χ0n) is 14.8. The predicted octanol–water partition coefficient (Wildman–Crippen LogP) is 4.54. The minimum atomic E-state index is -0.714. The van der Waals surface area contributed by atoms with Crippen LogP contribution in [-0.2, 0) is 4.74 Å². The maximum atomic E-state index is 12.3. The maximum absolute atomic E-state index is 12.3. The summed E-state index contributed by atoms with van der Waals surface area (Å²) in [6.07, 6.45) is -0.714. The van der Waals surface area contributed by atoms with Crippen LogP contribution in [0.5, 0.6) is 0 Å². The topological polar surface area (TPSA) is 107 Å². The van der Waals surface area contributed by atoms with Crippen LogP contribution in [0.1, 0.15) is 17.0 Å². The number of fused-ring (bicyclic) bond motifs is 3. The number of nitrogens with two attached hydrogens (primary N) is 1. The molecule has 3 aromatic rings. The molecule has 0 aromatic heterocycles. The van der Waals surface area contributed by atoms with Crippen molar-refractivity contribution >= 4 is 23.2 Å². The number of nitrogens with one attached hydrogen (secondary N) is 1. The number of nitro groups is 1. The van der Waals surface area contributed by atoms with E-state index in [9.17, 15) is 14.9 Å². The van der Waals surface area contributed by atoms with Crippen LogP contribution in [0.25, 0.3) is 11.1 Å². The number of nitro benzene ring substituents is 1. The van der Waals surface area contributed by atoms with E-state index in [-0.39, 0.29) is 29.6 Å². The Morgan fingerprint density at radius 1 is 1.04 bits per heavy atom. The number of carbonyl (C=O) groups is 1. The van der Waals surface area contributed by atoms with E-state index in [1.807, 2.05) is 36.4 Å². The van der Waals surface area contributed by atoms with Gasteiger partial charge in [0.1, 0.15) is 6.61 Å². The second-order valence-electron chi connectivity index (χ2n) is 6.48. The molecule has 7 heteroatoms. The summed E-state index contributed by atoms with van der Waals surface area (Å²) in [5, 5.41) is 13.4. The fourth-order valence-corrected chi connectivity index (χ4v) is 3.51. The first kappa shape index (κ1) is 17.5. The van der Waals surface area contributed by atoms with Crippen LogP contribution < -0.4 is 11.1 Å². The number of carbonyl (C=O) groups excluding carboxylic acids is 1. The number of hydrogen-bond acceptors (Lipinski definition) is 5. The van der Waals surface area contributed by atoms with Gasteiger partial charge in [-0.25, -0.2) is 4.79 Å². The van der Waals surface area contributed by atoms with Crippen molar-refractivity contribution < 1.29 is 14.5 Å². The van der Waals surface area contributed by atoms with Gasteiger partial charge in [-0.1, -0.05) is 48.5 Å². The molecule has 1 aliphatic rings. The summed E-state index contributed by atoms with van der Waals surface area (Å²) in [6, 6.07) is 19.9. The van der Waals surface area contributed by atoms with Gasteiger partial charge in [-0.3, -0.25) is 15.4 Å². The Bertz CT molecular complexity index is 1040. The number of hydrogen-bond donors (Lipinski definition) is 2. The van der Waals surface area contributed by atoms with E-state index >= 15 is 0 Å². The Morgan fingerprint density at radius 3 is 2.25 bits per heavy atom. The summed E-state index contributed by atoms with van der Waals surface area (Å²) >= 11 is 0. The molecule has 140 valence electrons. The first-order valence-corrected chi connectivity index (χ1v) is 8.70. The number of rotatable bonds is 4. The predicted molar refractivity (Wildman–Crippen MR) is 106 cm³/mol. The van der Waals surface area contributed by atoms with Crippen molar-refractivity contribution in [1.29, 1.82) is 0 Å². The van der Waals surface area contributed by atoms with Crippen molar-refractivity contribution in [3.63, 3.8) is 0 Å². The Kier molecular flexibility index (Phi) is 4.41. The lowest BCUT2D eigenvalue weighted by atomic mass is 9.98. The molecule has 0 aliphatic heterocycles. The van der Waals surface area contributed by atoms with Crippen LogP contribution in [0.4, 0.5) is 21.9 Å². The highest BCUT2D eigenvalue weighted by Gasteiger charge is 2.29. The molecular formula is C21H17N3O4. The number of anilines is 2. The highest BCUT2D eigenvalue weighted by atomic mass is 16.6. The van der Waals surface area contributed by atoms with Crippen molar-refractivity contribution in [2.24, 2.45) is 0 Å². The normalized spacial score (nSPS) is 12.1. The van der Waals surface area contributed by atoms with E-state index in [4.69, 9.17) is 10.5 Å². The molecule has 1 amide bonds. The molecule has 0 spiro atoms. The second kappa shape index (κ2) is 7.03. The average molecular weight is 375 g/mol. The highest BCUT2D eigenvalue weighted by molar-refractivity contribution is 5.89. The molecule has 0 unspecified atom stereocenters. The molecule has 7 nitrogen and oxygen atoms in total. The van der Waals surface area contributed by atoms with Gasteiger partial charge in [0.25, 0.3) is 5.69 Å². The molecule has 3 aromatic carbocycles. The first-order chi connectivity index (χ1) is 13.5. The molecule has 0 atom stereocenters. The zero-order chi connectivity index (χ0) is 19.7. The second-order valence-corrected chi connectivity index (χ2v) is 6.48. The van der Waals surface area contributed by atoms with E-state index in [0.29, 0.717) is 0 Å². The fourth-order valence-electron chi connectivity index (χ4n) is 3.51. The van der Waals surface area contributed by atoms with Gasteiger partial charge in [0.15, 0.2) is 0 Å². The monoisotopic (exact) mass is 375 g/mol. The minimum Gasteiger partial charge on any atom is -0.448 e. The summed E-state index contributed by atoms with van der Waals surface area (Å²) in [7, 11) is 0. The average Bonchev–Trinajstić information content (AvgIpc) is 3.02. The van der Waals surface area contributed by atoms with Crippen LogP contribution in [0.15, 0.2) is 66.7 Å². The van der Waals surface area contributed by atoms with Gasteiger partial charge >= 0.3 is 6.09 Å². The molecule has 28 heavy (non-hydrogen) atoms. The molecule has 1 aliphatic carbocycles. The molecule has 4 rings (SSSR count).